The first-order valence-corrected chi connectivity index (χ1v) is 12.3. The highest BCUT2D eigenvalue weighted by atomic mass is 16.6. The minimum Gasteiger partial charge on any atom is -0.493 e. The molecule has 0 amide bonds. The number of carbonyl (C=O) groups excluding carboxylic acids is 3. The number of hydrogen-bond acceptors (Lipinski definition) is 12. The van der Waals surface area contributed by atoms with Crippen molar-refractivity contribution in [2.75, 3.05) is 35.5 Å². The van der Waals surface area contributed by atoms with E-state index >= 15 is 0 Å². The second-order valence-corrected chi connectivity index (χ2v) is 8.51. The van der Waals surface area contributed by atoms with Gasteiger partial charge in [0.1, 0.15) is 0 Å². The molecule has 42 heavy (non-hydrogen) atoms. The van der Waals surface area contributed by atoms with Crippen LogP contribution in [0.2, 0.25) is 0 Å². The molecule has 0 N–H and O–H groups in total. The van der Waals surface area contributed by atoms with Crippen molar-refractivity contribution in [3.8, 4) is 40.2 Å². The Hall–Kier alpha value is -5.52. The second-order valence-electron chi connectivity index (χ2n) is 8.51. The van der Waals surface area contributed by atoms with Gasteiger partial charge >= 0.3 is 17.9 Å². The Labute approximate surface area is 241 Å². The lowest BCUT2D eigenvalue weighted by Gasteiger charge is -2.14. The van der Waals surface area contributed by atoms with Crippen LogP contribution in [0.25, 0.3) is 6.08 Å². The van der Waals surface area contributed by atoms with Gasteiger partial charge in [0.05, 0.1) is 41.1 Å². The molecule has 0 fully saturated rings. The van der Waals surface area contributed by atoms with Gasteiger partial charge in [0, 0.05) is 12.5 Å². The van der Waals surface area contributed by atoms with Crippen LogP contribution in [0.5, 0.6) is 40.2 Å². The second kappa shape index (κ2) is 12.8. The van der Waals surface area contributed by atoms with Gasteiger partial charge in [-0.05, 0) is 54.1 Å². The lowest BCUT2D eigenvalue weighted by molar-refractivity contribution is -0.132. The van der Waals surface area contributed by atoms with Crippen LogP contribution in [0.15, 0.2) is 59.2 Å². The molecule has 0 saturated carbocycles. The minimum atomic E-state index is -0.692. The van der Waals surface area contributed by atoms with Crippen LogP contribution in [0.3, 0.4) is 0 Å². The summed E-state index contributed by atoms with van der Waals surface area (Å²) < 4.78 is 42.6. The molecular formula is C30H27NO11. The van der Waals surface area contributed by atoms with Crippen LogP contribution < -0.4 is 33.2 Å². The molecule has 0 unspecified atom stereocenters. The first-order chi connectivity index (χ1) is 20.2. The average molecular weight is 578 g/mol. The first-order valence-electron chi connectivity index (χ1n) is 12.3. The largest absolute Gasteiger partial charge is 0.493 e. The molecule has 1 aliphatic rings. The molecule has 1 aliphatic heterocycles. The molecule has 0 atom stereocenters. The highest BCUT2D eigenvalue weighted by Crippen LogP contribution is 2.39. The van der Waals surface area contributed by atoms with Gasteiger partial charge in [-0.25, -0.2) is 14.6 Å². The number of aliphatic imine (C=N–C) groups is 1. The number of carbonyl (C=O) groups is 3. The molecule has 3 aromatic carbocycles. The molecule has 218 valence electrons. The quantitative estimate of drug-likeness (QED) is 0.195. The van der Waals surface area contributed by atoms with Crippen LogP contribution in [0.1, 0.15) is 28.4 Å². The topological polar surface area (TPSA) is 137 Å². The van der Waals surface area contributed by atoms with Crippen molar-refractivity contribution < 1.29 is 52.3 Å². The van der Waals surface area contributed by atoms with Crippen molar-refractivity contribution in [3.05, 3.63) is 70.9 Å². The van der Waals surface area contributed by atoms with Gasteiger partial charge in [0.25, 0.3) is 0 Å². The molecule has 0 bridgehead atoms. The summed E-state index contributed by atoms with van der Waals surface area (Å²) >= 11 is 0. The Bertz CT molecular complexity index is 1580. The van der Waals surface area contributed by atoms with Crippen molar-refractivity contribution in [1.29, 1.82) is 0 Å². The van der Waals surface area contributed by atoms with Crippen LogP contribution in [-0.4, -0.2) is 59.4 Å². The zero-order chi connectivity index (χ0) is 30.4. The number of ether oxygens (including phenoxy) is 8. The molecule has 3 aromatic rings. The summed E-state index contributed by atoms with van der Waals surface area (Å²) in [4.78, 5) is 41.1. The number of nitrogens with zero attached hydrogens (tertiary/aromatic N) is 1. The van der Waals surface area contributed by atoms with E-state index in [4.69, 9.17) is 37.9 Å². The lowest BCUT2D eigenvalue weighted by atomic mass is 10.1. The van der Waals surface area contributed by atoms with E-state index < -0.39 is 17.9 Å². The van der Waals surface area contributed by atoms with E-state index in [1.54, 1.807) is 18.2 Å². The summed E-state index contributed by atoms with van der Waals surface area (Å²) in [5, 5.41) is 0. The highest BCUT2D eigenvalue weighted by molar-refractivity contribution is 6.13. The van der Waals surface area contributed by atoms with E-state index in [1.807, 2.05) is 0 Å². The normalized spacial score (nSPS) is 13.1. The fourth-order valence-electron chi connectivity index (χ4n) is 3.95. The average Bonchev–Trinajstić information content (AvgIpc) is 3.36. The third kappa shape index (κ3) is 6.28. The maximum atomic E-state index is 13.0. The number of cyclic esters (lactones) is 1. The molecule has 12 nitrogen and oxygen atoms in total. The van der Waals surface area contributed by atoms with Gasteiger partial charge < -0.3 is 37.9 Å². The molecule has 0 aliphatic carbocycles. The van der Waals surface area contributed by atoms with Crippen molar-refractivity contribution in [2.45, 2.75) is 6.92 Å². The number of benzene rings is 3. The van der Waals surface area contributed by atoms with Crippen molar-refractivity contribution in [1.82, 2.24) is 0 Å². The third-order valence-corrected chi connectivity index (χ3v) is 5.88. The Morgan fingerprint density at radius 2 is 1.31 bits per heavy atom. The summed E-state index contributed by atoms with van der Waals surface area (Å²) in [5.41, 5.74) is 1.15. The molecule has 0 spiro atoms. The summed E-state index contributed by atoms with van der Waals surface area (Å²) in [7, 11) is 7.16. The van der Waals surface area contributed by atoms with E-state index in [0.29, 0.717) is 28.4 Å². The smallest absolute Gasteiger partial charge is 0.363 e. The molecule has 12 heteroatoms. The van der Waals surface area contributed by atoms with Crippen LogP contribution >= 0.6 is 0 Å². The summed E-state index contributed by atoms with van der Waals surface area (Å²) in [5.74, 6) is -0.0703. The minimum absolute atomic E-state index is 0.0252. The van der Waals surface area contributed by atoms with Crippen LogP contribution in [-0.2, 0) is 14.3 Å². The van der Waals surface area contributed by atoms with Gasteiger partial charge in [-0.1, -0.05) is 6.07 Å². The number of hydrogen-bond donors (Lipinski definition) is 0. The highest BCUT2D eigenvalue weighted by Gasteiger charge is 2.26. The van der Waals surface area contributed by atoms with Gasteiger partial charge in [0.2, 0.25) is 11.6 Å². The van der Waals surface area contributed by atoms with Crippen molar-refractivity contribution >= 4 is 29.9 Å². The predicted molar refractivity (Wildman–Crippen MR) is 149 cm³/mol. The zero-order valence-electron chi connectivity index (χ0n) is 23.6. The van der Waals surface area contributed by atoms with Crippen molar-refractivity contribution in [2.24, 2.45) is 4.99 Å². The monoisotopic (exact) mass is 577 g/mol. The number of rotatable bonds is 10. The Kier molecular flexibility index (Phi) is 8.96. The maximum absolute atomic E-state index is 13.0. The molecule has 0 radical (unpaired) electrons. The van der Waals surface area contributed by atoms with Crippen LogP contribution in [0, 0.1) is 0 Å². The summed E-state index contributed by atoms with van der Waals surface area (Å²) in [6.07, 6.45) is 1.49. The number of esters is 3. The molecule has 4 rings (SSSR count). The van der Waals surface area contributed by atoms with Crippen molar-refractivity contribution in [3.63, 3.8) is 0 Å². The molecule has 1 heterocycles. The zero-order valence-corrected chi connectivity index (χ0v) is 23.6. The van der Waals surface area contributed by atoms with Gasteiger partial charge in [-0.15, -0.1) is 0 Å². The fraction of sp³-hybridized carbons (Fsp3) is 0.200. The molecule has 0 aromatic heterocycles. The Balaban J connectivity index is 1.58. The third-order valence-electron chi connectivity index (χ3n) is 5.88. The Morgan fingerprint density at radius 1 is 0.714 bits per heavy atom. The van der Waals surface area contributed by atoms with E-state index in [-0.39, 0.29) is 40.2 Å². The van der Waals surface area contributed by atoms with E-state index in [2.05, 4.69) is 4.99 Å². The standard InChI is InChI=1S/C30H27NO11/c1-16(32)40-21-10-8-18(13-24(21)36-3)28-31-20(30(34)42-28)11-17-7-9-22(23(12-17)35-2)41-29(33)19-14-25(37-4)27(39-6)26(15-19)38-5/h7-15H,1-6H3/b20-11-. The Morgan fingerprint density at radius 3 is 1.90 bits per heavy atom. The first kappa shape index (κ1) is 29.5. The summed E-state index contributed by atoms with van der Waals surface area (Å²) in [6.45, 7) is 1.27. The van der Waals surface area contributed by atoms with Crippen LogP contribution in [0.4, 0.5) is 0 Å². The van der Waals surface area contributed by atoms with E-state index in [1.165, 1.54) is 78.9 Å². The van der Waals surface area contributed by atoms with Gasteiger partial charge in [0.15, 0.2) is 40.2 Å². The SMILES string of the molecule is COc1cc(C2=N/C(=C\c3ccc(OC(=O)c4cc(OC)c(OC)c(OC)c4)c(OC)c3)C(=O)O2)ccc1OC(C)=O. The number of methoxy groups -OCH3 is 5. The lowest BCUT2D eigenvalue weighted by Crippen LogP contribution is -2.10. The predicted octanol–water partition coefficient (Wildman–Crippen LogP) is 4.22. The molecular weight excluding hydrogens is 550 g/mol. The molecule has 0 saturated heterocycles. The van der Waals surface area contributed by atoms with Gasteiger partial charge in [-0.2, -0.15) is 0 Å². The van der Waals surface area contributed by atoms with E-state index in [9.17, 15) is 14.4 Å². The summed E-state index contributed by atoms with van der Waals surface area (Å²) in [6, 6.07) is 12.3. The van der Waals surface area contributed by atoms with Gasteiger partial charge in [-0.3, -0.25) is 4.79 Å². The maximum Gasteiger partial charge on any atom is 0.363 e. The fourth-order valence-corrected chi connectivity index (χ4v) is 3.95. The van der Waals surface area contributed by atoms with E-state index in [0.717, 1.165) is 0 Å².